The summed E-state index contributed by atoms with van der Waals surface area (Å²) in [4.78, 5) is 10.4. The molecule has 1 N–H and O–H groups in total. The first-order chi connectivity index (χ1) is 9.04. The third kappa shape index (κ3) is 5.26. The normalized spacial score (nSPS) is 10.7. The van der Waals surface area contributed by atoms with Crippen LogP contribution in [0.25, 0.3) is 0 Å². The highest BCUT2D eigenvalue weighted by atomic mass is 16.6. The van der Waals surface area contributed by atoms with Gasteiger partial charge in [0.05, 0.1) is 11.5 Å². The molecule has 0 bridgehead atoms. The summed E-state index contributed by atoms with van der Waals surface area (Å²) in [5.74, 6) is 0.450. The summed E-state index contributed by atoms with van der Waals surface area (Å²) in [7, 11) is 0. The number of rotatable bonds is 8. The van der Waals surface area contributed by atoms with Crippen LogP contribution >= 0.6 is 0 Å². The molecule has 0 unspecified atom stereocenters. The Morgan fingerprint density at radius 3 is 2.74 bits per heavy atom. The second-order valence-electron chi connectivity index (χ2n) is 4.93. The van der Waals surface area contributed by atoms with Crippen molar-refractivity contribution in [2.24, 2.45) is 5.92 Å². The number of ether oxygens (including phenoxy) is 1. The Morgan fingerprint density at radius 1 is 1.42 bits per heavy atom. The maximum Gasteiger partial charge on any atom is 0.269 e. The van der Waals surface area contributed by atoms with Gasteiger partial charge in [-0.1, -0.05) is 20.8 Å². The van der Waals surface area contributed by atoms with E-state index in [1.807, 2.05) is 0 Å². The van der Waals surface area contributed by atoms with Crippen LogP contribution in [-0.4, -0.2) is 18.1 Å². The van der Waals surface area contributed by atoms with E-state index in [4.69, 9.17) is 4.74 Å². The van der Waals surface area contributed by atoms with E-state index in [1.165, 1.54) is 6.07 Å². The molecule has 106 valence electrons. The highest BCUT2D eigenvalue weighted by Gasteiger charge is 2.11. The van der Waals surface area contributed by atoms with E-state index in [-0.39, 0.29) is 10.6 Å². The Balaban J connectivity index is 2.81. The van der Waals surface area contributed by atoms with Crippen LogP contribution in [0.2, 0.25) is 0 Å². The van der Waals surface area contributed by atoms with E-state index in [1.54, 1.807) is 12.1 Å². The summed E-state index contributed by atoms with van der Waals surface area (Å²) in [5.41, 5.74) is 1.85. The van der Waals surface area contributed by atoms with Gasteiger partial charge in [0.1, 0.15) is 0 Å². The predicted octanol–water partition coefficient (Wildman–Crippen LogP) is 3.59. The van der Waals surface area contributed by atoms with Gasteiger partial charge < -0.3 is 10.1 Å². The summed E-state index contributed by atoms with van der Waals surface area (Å²) in [6.45, 7) is 8.11. The third-order valence-corrected chi connectivity index (χ3v) is 2.57. The average Bonchev–Trinajstić information content (AvgIpc) is 2.36. The molecule has 0 aliphatic rings. The molecule has 0 heterocycles. The van der Waals surface area contributed by atoms with Gasteiger partial charge in [0.15, 0.2) is 0 Å². The van der Waals surface area contributed by atoms with E-state index in [9.17, 15) is 10.1 Å². The van der Waals surface area contributed by atoms with Crippen LogP contribution < -0.4 is 5.32 Å². The van der Waals surface area contributed by atoms with E-state index in [2.05, 4.69) is 26.1 Å². The molecule has 0 aromatic heterocycles. The second kappa shape index (κ2) is 7.74. The van der Waals surface area contributed by atoms with Gasteiger partial charge in [0.25, 0.3) is 5.69 Å². The van der Waals surface area contributed by atoms with Crippen LogP contribution in [0, 0.1) is 16.0 Å². The highest BCUT2D eigenvalue weighted by Crippen LogP contribution is 2.23. The van der Waals surface area contributed by atoms with Gasteiger partial charge in [-0.3, -0.25) is 10.1 Å². The van der Waals surface area contributed by atoms with Crippen molar-refractivity contribution in [3.63, 3.8) is 0 Å². The molecule has 1 aromatic carbocycles. The summed E-state index contributed by atoms with van der Waals surface area (Å²) in [5, 5.41) is 14.1. The maximum absolute atomic E-state index is 10.8. The minimum absolute atomic E-state index is 0.102. The first-order valence-electron chi connectivity index (χ1n) is 6.63. The number of nitrogens with one attached hydrogen (secondary N) is 1. The smallest absolute Gasteiger partial charge is 0.269 e. The van der Waals surface area contributed by atoms with E-state index < -0.39 is 0 Å². The monoisotopic (exact) mass is 266 g/mol. The molecule has 0 amide bonds. The van der Waals surface area contributed by atoms with Crippen LogP contribution in [0.3, 0.4) is 0 Å². The fourth-order valence-electron chi connectivity index (χ4n) is 1.65. The van der Waals surface area contributed by atoms with Crippen molar-refractivity contribution < 1.29 is 9.66 Å². The van der Waals surface area contributed by atoms with Gasteiger partial charge >= 0.3 is 0 Å². The number of nitro benzene ring substituents is 1. The summed E-state index contributed by atoms with van der Waals surface area (Å²) in [6.07, 6.45) is 1.00. The lowest BCUT2D eigenvalue weighted by molar-refractivity contribution is -0.384. The number of nitro groups is 1. The molecule has 0 aliphatic heterocycles. The zero-order valence-corrected chi connectivity index (χ0v) is 11.8. The van der Waals surface area contributed by atoms with Gasteiger partial charge in [-0.2, -0.15) is 0 Å². The maximum atomic E-state index is 10.8. The predicted molar refractivity (Wildman–Crippen MR) is 76.4 cm³/mol. The molecule has 5 heteroatoms. The summed E-state index contributed by atoms with van der Waals surface area (Å²) in [6, 6.07) is 4.85. The first-order valence-corrected chi connectivity index (χ1v) is 6.63. The molecule has 5 nitrogen and oxygen atoms in total. The summed E-state index contributed by atoms with van der Waals surface area (Å²) < 4.78 is 5.57. The second-order valence-corrected chi connectivity index (χ2v) is 4.93. The molecule has 19 heavy (non-hydrogen) atoms. The van der Waals surface area contributed by atoms with Gasteiger partial charge in [-0.05, 0) is 18.4 Å². The number of non-ortho nitro benzene ring substituents is 1. The van der Waals surface area contributed by atoms with Crippen molar-refractivity contribution in [2.45, 2.75) is 33.8 Å². The molecular formula is C14H22N2O3. The van der Waals surface area contributed by atoms with Crippen molar-refractivity contribution in [1.29, 1.82) is 0 Å². The molecule has 1 rings (SSSR count). The lowest BCUT2D eigenvalue weighted by Gasteiger charge is -2.12. The van der Waals surface area contributed by atoms with E-state index in [0.717, 1.165) is 24.2 Å². The van der Waals surface area contributed by atoms with Gasteiger partial charge in [-0.15, -0.1) is 0 Å². The van der Waals surface area contributed by atoms with Crippen LogP contribution in [0.4, 0.5) is 11.4 Å². The first kappa shape index (κ1) is 15.4. The Morgan fingerprint density at radius 2 is 2.16 bits per heavy atom. The van der Waals surface area contributed by atoms with E-state index in [0.29, 0.717) is 19.1 Å². The Bertz CT molecular complexity index is 419. The molecule has 0 radical (unpaired) electrons. The van der Waals surface area contributed by atoms with Crippen LogP contribution in [0.5, 0.6) is 0 Å². The summed E-state index contributed by atoms with van der Waals surface area (Å²) >= 11 is 0. The van der Waals surface area contributed by atoms with Gasteiger partial charge in [0.2, 0.25) is 0 Å². The lowest BCUT2D eigenvalue weighted by atomic mass is 10.1. The van der Waals surface area contributed by atoms with Gasteiger partial charge in [-0.25, -0.2) is 0 Å². The Kier molecular flexibility index (Phi) is 6.29. The van der Waals surface area contributed by atoms with Crippen molar-refractivity contribution in [2.75, 3.05) is 18.5 Å². The van der Waals surface area contributed by atoms with Crippen molar-refractivity contribution in [1.82, 2.24) is 0 Å². The number of nitrogens with zero attached hydrogens (tertiary/aromatic N) is 1. The molecule has 0 atom stereocenters. The number of hydrogen-bond donors (Lipinski definition) is 1. The van der Waals surface area contributed by atoms with Crippen molar-refractivity contribution in [3.8, 4) is 0 Å². The van der Waals surface area contributed by atoms with Crippen LogP contribution in [0.1, 0.15) is 32.8 Å². The number of hydrogen-bond acceptors (Lipinski definition) is 4. The topological polar surface area (TPSA) is 64.4 Å². The van der Waals surface area contributed by atoms with E-state index >= 15 is 0 Å². The van der Waals surface area contributed by atoms with Crippen LogP contribution in [0.15, 0.2) is 18.2 Å². The highest BCUT2D eigenvalue weighted by molar-refractivity contribution is 5.55. The van der Waals surface area contributed by atoms with Crippen molar-refractivity contribution in [3.05, 3.63) is 33.9 Å². The quantitative estimate of drug-likeness (QED) is 0.577. The molecule has 0 fully saturated rings. The molecule has 0 saturated heterocycles. The average molecular weight is 266 g/mol. The van der Waals surface area contributed by atoms with Crippen LogP contribution in [-0.2, 0) is 11.3 Å². The molecule has 0 saturated carbocycles. The number of benzene rings is 1. The zero-order valence-electron chi connectivity index (χ0n) is 11.8. The molecule has 0 spiro atoms. The fraction of sp³-hybridized carbons (Fsp3) is 0.571. The standard InChI is InChI=1S/C14H22N2O3/c1-4-7-15-14-6-5-13(16(17)18)8-12(14)10-19-9-11(2)3/h5-6,8,11,15H,4,7,9-10H2,1-3H3. The minimum Gasteiger partial charge on any atom is -0.385 e. The van der Waals surface area contributed by atoms with Gasteiger partial charge in [0, 0.05) is 36.5 Å². The van der Waals surface area contributed by atoms with Crippen molar-refractivity contribution >= 4 is 11.4 Å². The SMILES string of the molecule is CCCNc1ccc([N+](=O)[O-])cc1COCC(C)C. The minimum atomic E-state index is -0.379. The largest absolute Gasteiger partial charge is 0.385 e. The third-order valence-electron chi connectivity index (χ3n) is 2.57. The number of anilines is 1. The fourth-order valence-corrected chi connectivity index (χ4v) is 1.65. The lowest BCUT2D eigenvalue weighted by Crippen LogP contribution is -2.07. The molecular weight excluding hydrogens is 244 g/mol. The Hall–Kier alpha value is -1.62. The molecule has 1 aromatic rings. The Labute approximate surface area is 114 Å². The molecule has 0 aliphatic carbocycles. The zero-order chi connectivity index (χ0) is 14.3.